The van der Waals surface area contributed by atoms with Crippen molar-refractivity contribution in [3.05, 3.63) is 42.4 Å². The lowest BCUT2D eigenvalue weighted by atomic mass is 10.3. The van der Waals surface area contributed by atoms with E-state index in [2.05, 4.69) is 25.0 Å². The van der Waals surface area contributed by atoms with Crippen LogP contribution in [0.3, 0.4) is 0 Å². The van der Waals surface area contributed by atoms with Crippen LogP contribution in [0.4, 0.5) is 5.82 Å². The summed E-state index contributed by atoms with van der Waals surface area (Å²) in [6.45, 7) is 5.94. The standard InChI is InChI=1S/C15H20N6/c1-12-11-14-15(18-7-10-21(14)19-12)17-5-3-4-8-20-9-6-16-13(20)2/h6-7,9-11H,3-5,8H2,1-2H3,(H,17,18). The molecule has 0 aliphatic heterocycles. The maximum atomic E-state index is 4.39. The molecule has 0 aromatic carbocycles. The molecular weight excluding hydrogens is 264 g/mol. The van der Waals surface area contributed by atoms with Gasteiger partial charge in [0.15, 0.2) is 5.82 Å². The number of aryl methyl sites for hydroxylation is 3. The van der Waals surface area contributed by atoms with Crippen LogP contribution >= 0.6 is 0 Å². The van der Waals surface area contributed by atoms with Crippen LogP contribution in [0.5, 0.6) is 0 Å². The highest BCUT2D eigenvalue weighted by molar-refractivity contribution is 5.67. The van der Waals surface area contributed by atoms with Crippen molar-refractivity contribution < 1.29 is 0 Å². The number of rotatable bonds is 6. The first-order valence-electron chi connectivity index (χ1n) is 7.26. The maximum absolute atomic E-state index is 4.39. The molecule has 6 heteroatoms. The molecule has 0 bridgehead atoms. The van der Waals surface area contributed by atoms with E-state index in [0.717, 1.165) is 48.8 Å². The fraction of sp³-hybridized carbons (Fsp3) is 0.400. The Morgan fingerprint density at radius 2 is 1.95 bits per heavy atom. The van der Waals surface area contributed by atoms with Gasteiger partial charge >= 0.3 is 0 Å². The van der Waals surface area contributed by atoms with Crippen LogP contribution in [0.25, 0.3) is 5.52 Å². The largest absolute Gasteiger partial charge is 0.368 e. The van der Waals surface area contributed by atoms with Crippen LogP contribution in [0, 0.1) is 13.8 Å². The van der Waals surface area contributed by atoms with Gasteiger partial charge in [0.25, 0.3) is 0 Å². The molecule has 3 aromatic rings. The van der Waals surface area contributed by atoms with Crippen LogP contribution in [0.15, 0.2) is 30.9 Å². The first-order chi connectivity index (χ1) is 10.2. The second-order valence-corrected chi connectivity index (χ2v) is 5.19. The van der Waals surface area contributed by atoms with Gasteiger partial charge in [-0.3, -0.25) is 0 Å². The van der Waals surface area contributed by atoms with Crippen LogP contribution in [0.2, 0.25) is 0 Å². The SMILES string of the molecule is Cc1cc2c(NCCCCn3ccnc3C)nccn2n1. The second kappa shape index (κ2) is 5.95. The van der Waals surface area contributed by atoms with Gasteiger partial charge in [0.05, 0.1) is 5.69 Å². The van der Waals surface area contributed by atoms with Gasteiger partial charge in [-0.25, -0.2) is 14.5 Å². The molecule has 0 radical (unpaired) electrons. The van der Waals surface area contributed by atoms with Crippen molar-refractivity contribution >= 4 is 11.3 Å². The molecule has 0 aliphatic rings. The summed E-state index contributed by atoms with van der Waals surface area (Å²) in [7, 11) is 0. The molecule has 21 heavy (non-hydrogen) atoms. The Kier molecular flexibility index (Phi) is 3.85. The summed E-state index contributed by atoms with van der Waals surface area (Å²) in [5, 5.41) is 7.79. The number of fused-ring (bicyclic) bond motifs is 1. The minimum atomic E-state index is 0.900. The average molecular weight is 284 g/mol. The van der Waals surface area contributed by atoms with E-state index in [4.69, 9.17) is 0 Å². The molecule has 0 atom stereocenters. The van der Waals surface area contributed by atoms with Crippen LogP contribution in [-0.2, 0) is 6.54 Å². The molecule has 3 aromatic heterocycles. The molecule has 110 valence electrons. The Hall–Kier alpha value is -2.37. The highest BCUT2D eigenvalue weighted by Gasteiger charge is 2.04. The van der Waals surface area contributed by atoms with E-state index in [9.17, 15) is 0 Å². The van der Waals surface area contributed by atoms with Crippen molar-refractivity contribution in [3.63, 3.8) is 0 Å². The summed E-state index contributed by atoms with van der Waals surface area (Å²) < 4.78 is 4.04. The summed E-state index contributed by atoms with van der Waals surface area (Å²) in [5.41, 5.74) is 2.03. The highest BCUT2D eigenvalue weighted by atomic mass is 15.2. The van der Waals surface area contributed by atoms with E-state index >= 15 is 0 Å². The third-order valence-corrected chi connectivity index (χ3v) is 3.55. The Morgan fingerprint density at radius 1 is 1.10 bits per heavy atom. The van der Waals surface area contributed by atoms with E-state index in [-0.39, 0.29) is 0 Å². The number of hydrogen-bond donors (Lipinski definition) is 1. The number of anilines is 1. The molecule has 0 saturated heterocycles. The van der Waals surface area contributed by atoms with E-state index in [0.29, 0.717) is 0 Å². The zero-order chi connectivity index (χ0) is 14.7. The molecule has 0 aliphatic carbocycles. The minimum Gasteiger partial charge on any atom is -0.368 e. The van der Waals surface area contributed by atoms with Gasteiger partial charge in [0.2, 0.25) is 0 Å². The van der Waals surface area contributed by atoms with E-state index < -0.39 is 0 Å². The Morgan fingerprint density at radius 3 is 2.76 bits per heavy atom. The van der Waals surface area contributed by atoms with Crippen molar-refractivity contribution in [2.75, 3.05) is 11.9 Å². The quantitative estimate of drug-likeness (QED) is 0.706. The zero-order valence-electron chi connectivity index (χ0n) is 12.5. The fourth-order valence-electron chi connectivity index (χ4n) is 2.43. The van der Waals surface area contributed by atoms with E-state index in [1.807, 2.05) is 43.0 Å². The molecular formula is C15H20N6. The lowest BCUT2D eigenvalue weighted by Crippen LogP contribution is -2.07. The molecule has 0 saturated carbocycles. The summed E-state index contributed by atoms with van der Waals surface area (Å²) in [6, 6.07) is 2.05. The molecule has 0 fully saturated rings. The van der Waals surface area contributed by atoms with Crippen molar-refractivity contribution in [2.45, 2.75) is 33.2 Å². The van der Waals surface area contributed by atoms with Gasteiger partial charge in [-0.15, -0.1) is 0 Å². The van der Waals surface area contributed by atoms with Gasteiger partial charge in [-0.1, -0.05) is 0 Å². The number of unbranched alkanes of at least 4 members (excludes halogenated alkanes) is 1. The zero-order valence-corrected chi connectivity index (χ0v) is 12.5. The first-order valence-corrected chi connectivity index (χ1v) is 7.26. The van der Waals surface area contributed by atoms with Crippen LogP contribution < -0.4 is 5.32 Å². The molecule has 6 nitrogen and oxygen atoms in total. The van der Waals surface area contributed by atoms with Gasteiger partial charge in [0.1, 0.15) is 11.3 Å². The Bertz CT molecular complexity index is 727. The smallest absolute Gasteiger partial charge is 0.152 e. The number of aromatic nitrogens is 5. The molecule has 0 unspecified atom stereocenters. The molecule has 0 amide bonds. The minimum absolute atomic E-state index is 0.900. The third kappa shape index (κ3) is 3.04. The van der Waals surface area contributed by atoms with Crippen molar-refractivity contribution in [2.24, 2.45) is 0 Å². The highest BCUT2D eigenvalue weighted by Crippen LogP contribution is 2.14. The Balaban J connectivity index is 1.52. The van der Waals surface area contributed by atoms with Crippen molar-refractivity contribution in [3.8, 4) is 0 Å². The first kappa shape index (κ1) is 13.6. The monoisotopic (exact) mass is 284 g/mol. The second-order valence-electron chi connectivity index (χ2n) is 5.19. The van der Waals surface area contributed by atoms with Crippen LogP contribution in [-0.4, -0.2) is 30.7 Å². The summed E-state index contributed by atoms with van der Waals surface area (Å²) in [4.78, 5) is 8.62. The summed E-state index contributed by atoms with van der Waals surface area (Å²) in [5.74, 6) is 1.97. The predicted molar refractivity (Wildman–Crippen MR) is 82.4 cm³/mol. The summed E-state index contributed by atoms with van der Waals surface area (Å²) >= 11 is 0. The predicted octanol–water partition coefficient (Wildman–Crippen LogP) is 2.43. The fourth-order valence-corrected chi connectivity index (χ4v) is 2.43. The number of nitrogens with one attached hydrogen (secondary N) is 1. The lowest BCUT2D eigenvalue weighted by Gasteiger charge is -2.08. The van der Waals surface area contributed by atoms with E-state index in [1.54, 1.807) is 6.20 Å². The third-order valence-electron chi connectivity index (χ3n) is 3.55. The van der Waals surface area contributed by atoms with Gasteiger partial charge in [-0.05, 0) is 32.8 Å². The van der Waals surface area contributed by atoms with Gasteiger partial charge in [-0.2, -0.15) is 5.10 Å². The topological polar surface area (TPSA) is 60.0 Å². The van der Waals surface area contributed by atoms with Gasteiger partial charge in [0, 0.05) is 37.9 Å². The van der Waals surface area contributed by atoms with Crippen molar-refractivity contribution in [1.29, 1.82) is 0 Å². The van der Waals surface area contributed by atoms with Gasteiger partial charge < -0.3 is 9.88 Å². The van der Waals surface area contributed by atoms with Crippen molar-refractivity contribution in [1.82, 2.24) is 24.1 Å². The molecule has 3 heterocycles. The molecule has 1 N–H and O–H groups in total. The van der Waals surface area contributed by atoms with Crippen LogP contribution in [0.1, 0.15) is 24.4 Å². The maximum Gasteiger partial charge on any atom is 0.152 e. The lowest BCUT2D eigenvalue weighted by molar-refractivity contribution is 0.607. The Labute approximate surface area is 123 Å². The number of hydrogen-bond acceptors (Lipinski definition) is 4. The number of imidazole rings is 1. The molecule has 3 rings (SSSR count). The normalized spacial score (nSPS) is 11.1. The number of nitrogens with zero attached hydrogens (tertiary/aromatic N) is 5. The average Bonchev–Trinajstić information content (AvgIpc) is 3.04. The molecule has 0 spiro atoms. The summed E-state index contributed by atoms with van der Waals surface area (Å²) in [6.07, 6.45) is 9.73. The van der Waals surface area contributed by atoms with E-state index in [1.165, 1.54) is 0 Å².